The van der Waals surface area contributed by atoms with Gasteiger partial charge in [0, 0.05) is 49.3 Å². The first-order valence-corrected chi connectivity index (χ1v) is 21.8. The number of hydrogen-bond donors (Lipinski definition) is 1. The predicted octanol–water partition coefficient (Wildman–Crippen LogP) is 6.85. The van der Waals surface area contributed by atoms with Gasteiger partial charge in [-0.25, -0.2) is 13.8 Å². The van der Waals surface area contributed by atoms with Crippen molar-refractivity contribution in [3.8, 4) is 5.75 Å². The summed E-state index contributed by atoms with van der Waals surface area (Å²) in [6, 6.07) is 10.9. The molecule has 2 bridgehead atoms. The Morgan fingerprint density at radius 3 is 2.65 bits per heavy atom. The summed E-state index contributed by atoms with van der Waals surface area (Å²) in [7, 11) is -1.82. The van der Waals surface area contributed by atoms with Crippen molar-refractivity contribution < 1.29 is 32.8 Å². The summed E-state index contributed by atoms with van der Waals surface area (Å²) in [5, 5.41) is 0.731. The largest absolute Gasteiger partial charge is 0.490 e. The summed E-state index contributed by atoms with van der Waals surface area (Å²) in [5.74, 6) is 0.500. The monoisotopic (exact) mass is 795 g/mol. The number of ether oxygens (including phenoxy) is 3. The van der Waals surface area contributed by atoms with E-state index < -0.39 is 34.1 Å². The smallest absolute Gasteiger partial charge is 0.410 e. The number of methoxy groups -OCH3 is 1. The summed E-state index contributed by atoms with van der Waals surface area (Å²) in [6.07, 6.45) is 8.83. The van der Waals surface area contributed by atoms with Crippen LogP contribution in [0.25, 0.3) is 0 Å². The van der Waals surface area contributed by atoms with Crippen molar-refractivity contribution in [2.45, 2.75) is 76.9 Å². The van der Waals surface area contributed by atoms with Crippen molar-refractivity contribution in [1.29, 1.82) is 0 Å². The van der Waals surface area contributed by atoms with E-state index in [4.69, 9.17) is 25.8 Å². The molecule has 2 aromatic carbocycles. The molecular formula is C41H54ClN5O7S. The highest BCUT2D eigenvalue weighted by atomic mass is 35.5. The molecule has 55 heavy (non-hydrogen) atoms. The lowest BCUT2D eigenvalue weighted by atomic mass is 9.68. The number of anilines is 1. The Hall–Kier alpha value is -3.81. The zero-order chi connectivity index (χ0) is 38.9. The third-order valence-electron chi connectivity index (χ3n) is 12.2. The Kier molecular flexibility index (Phi) is 11.7. The third kappa shape index (κ3) is 8.34. The number of nitrogens with one attached hydrogen (secondary N) is 1. The number of benzene rings is 2. The number of fused-ring (bicyclic) bond motifs is 4. The summed E-state index contributed by atoms with van der Waals surface area (Å²) < 4.78 is 39.8. The molecule has 2 fully saturated rings. The van der Waals surface area contributed by atoms with E-state index in [1.165, 1.54) is 16.0 Å². The molecule has 2 aromatic rings. The maximum Gasteiger partial charge on any atom is 0.410 e. The number of amides is 4. The molecule has 7 rings (SSSR count). The number of urea groups is 1. The van der Waals surface area contributed by atoms with Crippen molar-refractivity contribution in [3.05, 3.63) is 70.3 Å². The number of carbonyl (C=O) groups is 3. The molecule has 1 unspecified atom stereocenters. The lowest BCUT2D eigenvalue weighted by Gasteiger charge is -2.46. The lowest BCUT2D eigenvalue weighted by Crippen LogP contribution is -2.59. The van der Waals surface area contributed by atoms with Crippen LogP contribution in [0.5, 0.6) is 5.75 Å². The van der Waals surface area contributed by atoms with Crippen LogP contribution in [0, 0.1) is 17.8 Å². The highest BCUT2D eigenvalue weighted by Crippen LogP contribution is 2.47. The van der Waals surface area contributed by atoms with E-state index in [-0.39, 0.29) is 41.8 Å². The molecule has 1 saturated heterocycles. The highest BCUT2D eigenvalue weighted by Gasteiger charge is 2.44. The minimum atomic E-state index is -3.58. The molecular weight excluding hydrogens is 742 g/mol. The van der Waals surface area contributed by atoms with Gasteiger partial charge >= 0.3 is 12.1 Å². The van der Waals surface area contributed by atoms with Crippen LogP contribution in [0.15, 0.2) is 52.9 Å². The Morgan fingerprint density at radius 1 is 1.13 bits per heavy atom. The normalized spacial score (nSPS) is 29.9. The van der Waals surface area contributed by atoms with Crippen molar-refractivity contribution in [3.63, 3.8) is 0 Å². The first-order valence-electron chi connectivity index (χ1n) is 19.7. The number of carbonyl (C=O) groups excluding carboxylic acids is 3. The van der Waals surface area contributed by atoms with E-state index >= 15 is 0 Å². The Bertz CT molecular complexity index is 1940. The van der Waals surface area contributed by atoms with E-state index in [2.05, 4.69) is 38.3 Å². The van der Waals surface area contributed by atoms with Crippen LogP contribution in [-0.4, -0.2) is 103 Å². The molecule has 14 heteroatoms. The molecule has 1 saturated carbocycles. The quantitative estimate of drug-likeness (QED) is 0.326. The third-order valence-corrected chi connectivity index (χ3v) is 14.4. The fourth-order valence-electron chi connectivity index (χ4n) is 8.95. The van der Waals surface area contributed by atoms with Gasteiger partial charge in [0.15, 0.2) is 0 Å². The van der Waals surface area contributed by atoms with Gasteiger partial charge in [-0.15, -0.1) is 4.36 Å². The van der Waals surface area contributed by atoms with Gasteiger partial charge in [0.25, 0.3) is 5.91 Å². The molecule has 1 N–H and O–H groups in total. The molecule has 6 atom stereocenters. The minimum absolute atomic E-state index is 0.0289. The van der Waals surface area contributed by atoms with Crippen molar-refractivity contribution in [2.75, 3.05) is 63.6 Å². The first kappa shape index (κ1) is 39.4. The molecule has 4 amide bonds. The number of hydrogen-bond acceptors (Lipinski definition) is 8. The van der Waals surface area contributed by atoms with Crippen LogP contribution in [-0.2, 0) is 31.2 Å². The number of nitrogens with zero attached hydrogens (tertiary/aromatic N) is 4. The Balaban J connectivity index is 1.20. The van der Waals surface area contributed by atoms with Crippen LogP contribution in [0.1, 0.15) is 74.4 Å². The molecule has 3 aliphatic heterocycles. The maximum atomic E-state index is 14.6. The summed E-state index contributed by atoms with van der Waals surface area (Å²) in [5.41, 5.74) is 3.31. The lowest BCUT2D eigenvalue weighted by molar-refractivity contribution is -0.00662. The number of likely N-dealkylation sites (tertiary alicyclic amines) is 1. The highest BCUT2D eigenvalue weighted by molar-refractivity contribution is 7.92. The fourth-order valence-corrected chi connectivity index (χ4v) is 11.0. The first-order chi connectivity index (χ1) is 26.4. The van der Waals surface area contributed by atoms with Crippen LogP contribution in [0.3, 0.4) is 0 Å². The second-order valence-corrected chi connectivity index (χ2v) is 18.4. The zero-order valence-corrected chi connectivity index (χ0v) is 33.9. The van der Waals surface area contributed by atoms with Gasteiger partial charge in [-0.05, 0) is 112 Å². The predicted molar refractivity (Wildman–Crippen MR) is 213 cm³/mol. The zero-order valence-electron chi connectivity index (χ0n) is 32.3. The number of aryl methyl sites for hydroxylation is 1. The molecule has 2 aliphatic carbocycles. The molecule has 0 radical (unpaired) electrons. The van der Waals surface area contributed by atoms with E-state index in [0.29, 0.717) is 50.2 Å². The molecule has 12 nitrogen and oxygen atoms in total. The standard InChI is InChI=1S/C41H54ClN5O7S/c1-5-45(6-2)40(50)54-32-22-46(23-32)39(49)44-55(51)24-27(3)9-7-11-36(52-4)33-15-12-30(33)21-47-25-41(18-8-10-28-19-31(42)14-16-34(28)41)26-53-37-17-13-29(20-35(37)47)38(48)43-55/h7,11,13-14,16-17,19-20,27,30,32-33,36H,5-6,8-10,12,15,18,21-26H2,1-4H3,(H,43,44,48,49,51)/b11-7+/t27-,30-,33+,36-,41-,55?/m0/s1. The van der Waals surface area contributed by atoms with Gasteiger partial charge in [-0.3, -0.25) is 9.52 Å². The average Bonchev–Trinajstić information content (AvgIpc) is 3.27. The Morgan fingerprint density at radius 2 is 1.93 bits per heavy atom. The van der Waals surface area contributed by atoms with Crippen molar-refractivity contribution in [2.24, 2.45) is 22.1 Å². The molecule has 298 valence electrons. The Labute approximate surface area is 330 Å². The van der Waals surface area contributed by atoms with Crippen molar-refractivity contribution >= 4 is 45.2 Å². The average molecular weight is 796 g/mol. The summed E-state index contributed by atoms with van der Waals surface area (Å²) in [6.45, 7) is 8.97. The van der Waals surface area contributed by atoms with Gasteiger partial charge in [0.2, 0.25) is 0 Å². The molecule has 0 aromatic heterocycles. The number of rotatable bonds is 5. The SMILES string of the molecule is CCN(CC)C(=O)OC1CN(C(=O)NS2(=O)=NC(=O)c3ccc4c(c3)N(C[C@@H]3CC[C@H]3[C@@H](OC)/C=C/C[C@H](C)C2)C[C@@]2(CCCc3cc(Cl)ccc32)CO4)C1. The molecule has 1 spiro atoms. The van der Waals surface area contributed by atoms with Gasteiger partial charge in [-0.1, -0.05) is 36.7 Å². The molecule has 3 heterocycles. The second kappa shape index (κ2) is 16.3. The topological polar surface area (TPSA) is 130 Å². The van der Waals surface area contributed by atoms with Crippen LogP contribution in [0.2, 0.25) is 5.02 Å². The number of allylic oxidation sites excluding steroid dienone is 1. The van der Waals surface area contributed by atoms with Crippen LogP contribution >= 0.6 is 11.6 Å². The van der Waals surface area contributed by atoms with Crippen LogP contribution < -0.4 is 14.4 Å². The van der Waals surface area contributed by atoms with Gasteiger partial charge < -0.3 is 28.9 Å². The second-order valence-electron chi connectivity index (χ2n) is 16.0. The van der Waals surface area contributed by atoms with Crippen molar-refractivity contribution in [1.82, 2.24) is 14.5 Å². The van der Waals surface area contributed by atoms with E-state index in [1.807, 2.05) is 39.0 Å². The van der Waals surface area contributed by atoms with E-state index in [0.717, 1.165) is 49.4 Å². The summed E-state index contributed by atoms with van der Waals surface area (Å²) >= 11 is 6.46. The fraction of sp³-hybridized carbons (Fsp3) is 0.585. The number of halogens is 1. The maximum absolute atomic E-state index is 14.6. The minimum Gasteiger partial charge on any atom is -0.490 e. The van der Waals surface area contributed by atoms with Gasteiger partial charge in [0.1, 0.15) is 21.8 Å². The van der Waals surface area contributed by atoms with Crippen LogP contribution in [0.4, 0.5) is 15.3 Å². The summed E-state index contributed by atoms with van der Waals surface area (Å²) in [4.78, 5) is 45.3. The van der Waals surface area contributed by atoms with Gasteiger partial charge in [0.05, 0.1) is 37.2 Å². The van der Waals surface area contributed by atoms with E-state index in [9.17, 15) is 18.6 Å². The van der Waals surface area contributed by atoms with Gasteiger partial charge in [-0.2, -0.15) is 0 Å². The van der Waals surface area contributed by atoms with E-state index in [1.54, 1.807) is 18.1 Å². The molecule has 5 aliphatic rings.